The third-order valence-electron chi connectivity index (χ3n) is 4.69. The van der Waals surface area contributed by atoms with Gasteiger partial charge in [-0.1, -0.05) is 35.0 Å². The van der Waals surface area contributed by atoms with Crippen LogP contribution in [0.1, 0.15) is 5.56 Å². The van der Waals surface area contributed by atoms with Crippen molar-refractivity contribution in [2.45, 2.75) is 6.92 Å². The second-order valence-corrected chi connectivity index (χ2v) is 6.80. The largest absolute Gasteiger partial charge is 0.338 e. The van der Waals surface area contributed by atoms with Crippen LogP contribution < -0.4 is 10.2 Å². The minimum Gasteiger partial charge on any atom is -0.338 e. The number of anilines is 2. The van der Waals surface area contributed by atoms with Crippen LogP contribution in [0.2, 0.25) is 0 Å². The van der Waals surface area contributed by atoms with Crippen LogP contribution in [0.25, 0.3) is 11.3 Å². The normalized spacial score (nSPS) is 14.8. The Morgan fingerprint density at radius 3 is 2.54 bits per heavy atom. The molecule has 1 aliphatic heterocycles. The number of aromatic nitrogens is 3. The SMILES string of the molecule is Cc1ccc(-c2cc(NC(=O)CN3CCN(c4ncccn4)CC3)on2)cc1. The average Bonchev–Trinajstić information content (AvgIpc) is 3.18. The van der Waals surface area contributed by atoms with Crippen molar-refractivity contribution < 1.29 is 9.32 Å². The summed E-state index contributed by atoms with van der Waals surface area (Å²) in [7, 11) is 0. The Kier molecular flexibility index (Phi) is 5.29. The first-order chi connectivity index (χ1) is 13.7. The molecule has 4 rings (SSSR count). The standard InChI is InChI=1S/C20H22N6O2/c1-15-3-5-16(6-4-15)17-13-19(28-24-17)23-18(27)14-25-9-11-26(12-10-25)20-21-7-2-8-22-20/h2-8,13H,9-12,14H2,1H3,(H,23,27). The number of rotatable bonds is 5. The molecule has 2 aromatic heterocycles. The van der Waals surface area contributed by atoms with Crippen LogP contribution in [0.3, 0.4) is 0 Å². The highest BCUT2D eigenvalue weighted by Crippen LogP contribution is 2.22. The molecule has 0 saturated carbocycles. The molecule has 8 nitrogen and oxygen atoms in total. The first-order valence-electron chi connectivity index (χ1n) is 9.25. The number of hydrogen-bond donors (Lipinski definition) is 1. The highest BCUT2D eigenvalue weighted by Gasteiger charge is 2.21. The van der Waals surface area contributed by atoms with Gasteiger partial charge in [-0.15, -0.1) is 0 Å². The predicted octanol–water partition coefficient (Wildman–Crippen LogP) is 2.20. The molecule has 0 aliphatic carbocycles. The monoisotopic (exact) mass is 378 g/mol. The molecule has 0 unspecified atom stereocenters. The molecular weight excluding hydrogens is 356 g/mol. The number of piperazine rings is 1. The zero-order valence-corrected chi connectivity index (χ0v) is 15.7. The second-order valence-electron chi connectivity index (χ2n) is 6.80. The van der Waals surface area contributed by atoms with Crippen LogP contribution >= 0.6 is 0 Å². The summed E-state index contributed by atoms with van der Waals surface area (Å²) in [6.45, 7) is 5.47. The number of nitrogens with one attached hydrogen (secondary N) is 1. The summed E-state index contributed by atoms with van der Waals surface area (Å²) in [5.74, 6) is 0.977. The van der Waals surface area contributed by atoms with Crippen molar-refractivity contribution in [3.8, 4) is 11.3 Å². The van der Waals surface area contributed by atoms with Gasteiger partial charge in [0.15, 0.2) is 0 Å². The topological polar surface area (TPSA) is 87.4 Å². The van der Waals surface area contributed by atoms with Crippen molar-refractivity contribution in [2.75, 3.05) is 42.9 Å². The van der Waals surface area contributed by atoms with Gasteiger partial charge in [0.05, 0.1) is 6.54 Å². The van der Waals surface area contributed by atoms with Crippen LogP contribution in [-0.2, 0) is 4.79 Å². The summed E-state index contributed by atoms with van der Waals surface area (Å²) in [6.07, 6.45) is 3.48. The van der Waals surface area contributed by atoms with Crippen molar-refractivity contribution >= 4 is 17.7 Å². The van der Waals surface area contributed by atoms with E-state index in [1.54, 1.807) is 24.5 Å². The van der Waals surface area contributed by atoms with Crippen molar-refractivity contribution in [1.29, 1.82) is 0 Å². The van der Waals surface area contributed by atoms with E-state index in [4.69, 9.17) is 4.52 Å². The van der Waals surface area contributed by atoms with Crippen molar-refractivity contribution in [3.63, 3.8) is 0 Å². The zero-order valence-electron chi connectivity index (χ0n) is 15.7. The molecule has 0 radical (unpaired) electrons. The molecule has 0 spiro atoms. The minimum atomic E-state index is -0.115. The van der Waals surface area contributed by atoms with Crippen molar-refractivity contribution in [2.24, 2.45) is 0 Å². The fourth-order valence-corrected chi connectivity index (χ4v) is 3.14. The Morgan fingerprint density at radius 2 is 1.82 bits per heavy atom. The fraction of sp³-hybridized carbons (Fsp3) is 0.300. The van der Waals surface area contributed by atoms with Crippen LogP contribution in [0.5, 0.6) is 0 Å². The highest BCUT2D eigenvalue weighted by molar-refractivity contribution is 5.91. The van der Waals surface area contributed by atoms with Crippen LogP contribution in [0.15, 0.2) is 53.3 Å². The average molecular weight is 378 g/mol. The lowest BCUT2D eigenvalue weighted by Gasteiger charge is -2.34. The van der Waals surface area contributed by atoms with E-state index in [9.17, 15) is 4.79 Å². The van der Waals surface area contributed by atoms with E-state index in [1.165, 1.54) is 5.56 Å². The molecule has 1 saturated heterocycles. The molecule has 0 atom stereocenters. The summed E-state index contributed by atoms with van der Waals surface area (Å²) in [5.41, 5.74) is 2.83. The lowest BCUT2D eigenvalue weighted by molar-refractivity contribution is -0.117. The smallest absolute Gasteiger partial charge is 0.240 e. The van der Waals surface area contributed by atoms with Crippen LogP contribution in [0, 0.1) is 6.92 Å². The molecule has 3 heterocycles. The number of hydrogen-bond acceptors (Lipinski definition) is 7. The Hall–Kier alpha value is -3.26. The van der Waals surface area contributed by atoms with E-state index >= 15 is 0 Å². The van der Waals surface area contributed by atoms with E-state index in [0.717, 1.165) is 37.7 Å². The van der Waals surface area contributed by atoms with Crippen LogP contribution in [-0.4, -0.2) is 58.7 Å². The number of nitrogens with zero attached hydrogens (tertiary/aromatic N) is 5. The maximum absolute atomic E-state index is 12.3. The fourth-order valence-electron chi connectivity index (χ4n) is 3.14. The number of carbonyl (C=O) groups excluding carboxylic acids is 1. The molecule has 8 heteroatoms. The van der Waals surface area contributed by atoms with E-state index in [1.807, 2.05) is 31.2 Å². The molecular formula is C20H22N6O2. The number of carbonyl (C=O) groups is 1. The van der Waals surface area contributed by atoms with Crippen molar-refractivity contribution in [1.82, 2.24) is 20.0 Å². The zero-order chi connectivity index (χ0) is 19.3. The van der Waals surface area contributed by atoms with Gasteiger partial charge in [-0.25, -0.2) is 9.97 Å². The molecule has 3 aromatic rings. The summed E-state index contributed by atoms with van der Waals surface area (Å²) >= 11 is 0. The minimum absolute atomic E-state index is 0.115. The molecule has 1 amide bonds. The molecule has 1 N–H and O–H groups in total. The van der Waals surface area contributed by atoms with Gasteiger partial charge in [-0.3, -0.25) is 15.0 Å². The lowest BCUT2D eigenvalue weighted by atomic mass is 10.1. The number of amides is 1. The van der Waals surface area contributed by atoms with E-state index < -0.39 is 0 Å². The Balaban J connectivity index is 1.28. The summed E-state index contributed by atoms with van der Waals surface area (Å²) in [4.78, 5) is 25.1. The van der Waals surface area contributed by atoms with Gasteiger partial charge in [0.25, 0.3) is 0 Å². The quantitative estimate of drug-likeness (QED) is 0.728. The van der Waals surface area contributed by atoms with Gasteiger partial charge in [-0.05, 0) is 13.0 Å². The number of benzene rings is 1. The molecule has 1 aromatic carbocycles. The van der Waals surface area contributed by atoms with Gasteiger partial charge in [-0.2, -0.15) is 0 Å². The molecule has 144 valence electrons. The summed E-state index contributed by atoms with van der Waals surface area (Å²) in [6, 6.07) is 11.5. The molecule has 0 bridgehead atoms. The molecule has 1 aliphatic rings. The maximum atomic E-state index is 12.3. The first-order valence-corrected chi connectivity index (χ1v) is 9.25. The van der Waals surface area contributed by atoms with E-state index in [2.05, 4.69) is 30.2 Å². The molecule has 28 heavy (non-hydrogen) atoms. The third kappa shape index (κ3) is 4.34. The summed E-state index contributed by atoms with van der Waals surface area (Å²) in [5, 5.41) is 6.82. The van der Waals surface area contributed by atoms with Gasteiger partial charge >= 0.3 is 0 Å². The molecule has 1 fully saturated rings. The Morgan fingerprint density at radius 1 is 1.11 bits per heavy atom. The van der Waals surface area contributed by atoms with Gasteiger partial charge in [0, 0.05) is 50.2 Å². The first kappa shape index (κ1) is 18.1. The summed E-state index contributed by atoms with van der Waals surface area (Å²) < 4.78 is 5.26. The van der Waals surface area contributed by atoms with Gasteiger partial charge in [0.1, 0.15) is 5.69 Å². The number of aryl methyl sites for hydroxylation is 1. The van der Waals surface area contributed by atoms with Gasteiger partial charge in [0.2, 0.25) is 17.7 Å². The predicted molar refractivity (Wildman–Crippen MR) is 106 cm³/mol. The van der Waals surface area contributed by atoms with E-state index in [0.29, 0.717) is 18.1 Å². The lowest BCUT2D eigenvalue weighted by Crippen LogP contribution is -2.49. The van der Waals surface area contributed by atoms with Gasteiger partial charge < -0.3 is 9.42 Å². The van der Waals surface area contributed by atoms with E-state index in [-0.39, 0.29) is 5.91 Å². The maximum Gasteiger partial charge on any atom is 0.240 e. The second kappa shape index (κ2) is 8.18. The van der Waals surface area contributed by atoms with Crippen molar-refractivity contribution in [3.05, 3.63) is 54.4 Å². The highest BCUT2D eigenvalue weighted by atomic mass is 16.5. The third-order valence-corrected chi connectivity index (χ3v) is 4.69. The Bertz CT molecular complexity index is 917. The van der Waals surface area contributed by atoms with Crippen LogP contribution in [0.4, 0.5) is 11.8 Å². The Labute approximate surface area is 163 Å².